The van der Waals surface area contributed by atoms with E-state index in [1.807, 2.05) is 4.90 Å². The number of carbonyl (C=O) groups excluding carboxylic acids is 1. The molecule has 4 heteroatoms. The van der Waals surface area contributed by atoms with Crippen LogP contribution in [0.15, 0.2) is 0 Å². The molecule has 0 aliphatic carbocycles. The highest BCUT2D eigenvalue weighted by Crippen LogP contribution is 2.21. The fraction of sp³-hybridized carbons (Fsp3) is 0.923. The van der Waals surface area contributed by atoms with Gasteiger partial charge in [0, 0.05) is 19.6 Å². The van der Waals surface area contributed by atoms with Crippen molar-refractivity contribution in [2.24, 2.45) is 11.7 Å². The van der Waals surface area contributed by atoms with Gasteiger partial charge >= 0.3 is 0 Å². The minimum absolute atomic E-state index is 0.0985. The summed E-state index contributed by atoms with van der Waals surface area (Å²) in [5, 5.41) is 0. The van der Waals surface area contributed by atoms with Crippen LogP contribution in [0.25, 0.3) is 0 Å². The normalized spacial score (nSPS) is 26.8. The molecular formula is C13H25N3O. The smallest absolute Gasteiger partial charge is 0.242 e. The van der Waals surface area contributed by atoms with Crippen molar-refractivity contribution in [2.75, 3.05) is 32.7 Å². The Morgan fingerprint density at radius 3 is 2.53 bits per heavy atom. The first-order valence-corrected chi connectivity index (χ1v) is 6.77. The van der Waals surface area contributed by atoms with Gasteiger partial charge in [0.05, 0.1) is 5.54 Å². The topological polar surface area (TPSA) is 49.6 Å². The predicted octanol–water partition coefficient (Wildman–Crippen LogP) is 0.668. The Balaban J connectivity index is 1.80. The maximum Gasteiger partial charge on any atom is 0.242 e. The van der Waals surface area contributed by atoms with E-state index < -0.39 is 5.54 Å². The van der Waals surface area contributed by atoms with Crippen molar-refractivity contribution in [3.8, 4) is 0 Å². The van der Waals surface area contributed by atoms with Crippen LogP contribution < -0.4 is 5.73 Å². The molecule has 0 aromatic heterocycles. The molecule has 0 spiro atoms. The Bertz CT molecular complexity index is 279. The zero-order valence-electron chi connectivity index (χ0n) is 11.1. The lowest BCUT2D eigenvalue weighted by atomic mass is 10.1. The van der Waals surface area contributed by atoms with Crippen LogP contribution in [0.4, 0.5) is 0 Å². The molecule has 0 saturated carbocycles. The van der Waals surface area contributed by atoms with Crippen molar-refractivity contribution in [1.29, 1.82) is 0 Å². The van der Waals surface area contributed by atoms with Crippen LogP contribution in [0.1, 0.15) is 33.1 Å². The van der Waals surface area contributed by atoms with Gasteiger partial charge in [0.25, 0.3) is 0 Å². The van der Waals surface area contributed by atoms with E-state index in [1.54, 1.807) is 13.8 Å². The second-order valence-electron chi connectivity index (χ2n) is 6.14. The summed E-state index contributed by atoms with van der Waals surface area (Å²) >= 11 is 0. The summed E-state index contributed by atoms with van der Waals surface area (Å²) in [4.78, 5) is 16.5. The van der Waals surface area contributed by atoms with Crippen molar-refractivity contribution < 1.29 is 4.79 Å². The molecule has 2 saturated heterocycles. The highest BCUT2D eigenvalue weighted by molar-refractivity contribution is 5.85. The van der Waals surface area contributed by atoms with Crippen LogP contribution in [-0.4, -0.2) is 54.0 Å². The molecule has 4 nitrogen and oxygen atoms in total. The summed E-state index contributed by atoms with van der Waals surface area (Å²) in [6.45, 7) is 9.02. The number of hydrogen-bond acceptors (Lipinski definition) is 3. The second kappa shape index (κ2) is 4.94. The van der Waals surface area contributed by atoms with Gasteiger partial charge in [-0.2, -0.15) is 0 Å². The van der Waals surface area contributed by atoms with Crippen LogP contribution >= 0.6 is 0 Å². The molecule has 0 radical (unpaired) electrons. The maximum atomic E-state index is 12.0. The van der Waals surface area contributed by atoms with Gasteiger partial charge in [0.1, 0.15) is 0 Å². The molecule has 17 heavy (non-hydrogen) atoms. The van der Waals surface area contributed by atoms with E-state index in [9.17, 15) is 4.79 Å². The summed E-state index contributed by atoms with van der Waals surface area (Å²) in [5.74, 6) is 0.751. The molecule has 0 aromatic rings. The largest absolute Gasteiger partial charge is 0.341 e. The minimum Gasteiger partial charge on any atom is -0.341 e. The number of carbonyl (C=O) groups is 1. The summed E-state index contributed by atoms with van der Waals surface area (Å²) in [6.07, 6.45) is 3.81. The first kappa shape index (κ1) is 12.8. The number of nitrogens with two attached hydrogens (primary N) is 1. The molecule has 1 atom stereocenters. The molecule has 2 aliphatic heterocycles. The molecule has 2 fully saturated rings. The average molecular weight is 239 g/mol. The summed E-state index contributed by atoms with van der Waals surface area (Å²) < 4.78 is 0. The van der Waals surface area contributed by atoms with Gasteiger partial charge in [-0.15, -0.1) is 0 Å². The number of nitrogens with zero attached hydrogens (tertiary/aromatic N) is 2. The molecule has 2 N–H and O–H groups in total. The zero-order valence-corrected chi connectivity index (χ0v) is 11.1. The van der Waals surface area contributed by atoms with E-state index in [4.69, 9.17) is 5.73 Å². The fourth-order valence-electron chi connectivity index (χ4n) is 2.90. The third-order valence-electron chi connectivity index (χ3n) is 3.84. The number of rotatable bonds is 3. The highest BCUT2D eigenvalue weighted by atomic mass is 16.2. The molecular weight excluding hydrogens is 214 g/mol. The summed E-state index contributed by atoms with van der Waals surface area (Å²) in [5.41, 5.74) is 5.15. The lowest BCUT2D eigenvalue weighted by Crippen LogP contribution is -2.50. The van der Waals surface area contributed by atoms with Gasteiger partial charge in [0.15, 0.2) is 0 Å². The fourth-order valence-corrected chi connectivity index (χ4v) is 2.90. The zero-order chi connectivity index (χ0) is 12.5. The lowest BCUT2D eigenvalue weighted by Gasteiger charge is -2.26. The van der Waals surface area contributed by atoms with E-state index in [1.165, 1.54) is 25.9 Å². The molecule has 2 aliphatic rings. The van der Waals surface area contributed by atoms with Crippen molar-refractivity contribution in [1.82, 2.24) is 9.80 Å². The maximum absolute atomic E-state index is 12.0. The molecule has 2 rings (SSSR count). The van der Waals surface area contributed by atoms with Crippen LogP contribution in [0.3, 0.4) is 0 Å². The Morgan fingerprint density at radius 1 is 1.29 bits per heavy atom. The van der Waals surface area contributed by atoms with E-state index in [0.29, 0.717) is 5.92 Å². The van der Waals surface area contributed by atoms with Gasteiger partial charge in [-0.05, 0) is 52.1 Å². The van der Waals surface area contributed by atoms with Gasteiger partial charge in [-0.1, -0.05) is 0 Å². The number of amides is 1. The van der Waals surface area contributed by atoms with Gasteiger partial charge < -0.3 is 15.5 Å². The number of likely N-dealkylation sites (tertiary alicyclic amines) is 2. The Labute approximate surface area is 104 Å². The minimum atomic E-state index is -0.720. The van der Waals surface area contributed by atoms with Crippen LogP contribution in [-0.2, 0) is 4.79 Å². The van der Waals surface area contributed by atoms with E-state index >= 15 is 0 Å². The summed E-state index contributed by atoms with van der Waals surface area (Å²) in [6, 6.07) is 0. The third-order valence-corrected chi connectivity index (χ3v) is 3.84. The van der Waals surface area contributed by atoms with Crippen molar-refractivity contribution >= 4 is 5.91 Å². The predicted molar refractivity (Wildman–Crippen MR) is 68.6 cm³/mol. The molecule has 0 bridgehead atoms. The monoisotopic (exact) mass is 239 g/mol. The first-order chi connectivity index (χ1) is 7.97. The van der Waals surface area contributed by atoms with Crippen LogP contribution in [0, 0.1) is 5.92 Å². The van der Waals surface area contributed by atoms with Crippen molar-refractivity contribution in [3.63, 3.8) is 0 Å². The lowest BCUT2D eigenvalue weighted by molar-refractivity contribution is -0.134. The molecule has 2 heterocycles. The SMILES string of the molecule is CC(C)(N)C(=O)N1CCC(CN2CCCC2)C1. The number of hydrogen-bond donors (Lipinski definition) is 1. The highest BCUT2D eigenvalue weighted by Gasteiger charge is 2.33. The molecule has 0 aromatic carbocycles. The molecule has 1 unspecified atom stereocenters. The summed E-state index contributed by atoms with van der Waals surface area (Å²) in [7, 11) is 0. The van der Waals surface area contributed by atoms with E-state index in [0.717, 1.165) is 26.1 Å². The van der Waals surface area contributed by atoms with Gasteiger partial charge in [0.2, 0.25) is 5.91 Å². The Morgan fingerprint density at radius 2 is 1.94 bits per heavy atom. The quantitative estimate of drug-likeness (QED) is 0.787. The van der Waals surface area contributed by atoms with E-state index in [2.05, 4.69) is 4.90 Å². The average Bonchev–Trinajstić information content (AvgIpc) is 2.87. The molecule has 98 valence electrons. The van der Waals surface area contributed by atoms with Crippen molar-refractivity contribution in [3.05, 3.63) is 0 Å². The Kier molecular flexibility index (Phi) is 3.73. The Hall–Kier alpha value is -0.610. The second-order valence-corrected chi connectivity index (χ2v) is 6.14. The van der Waals surface area contributed by atoms with Crippen LogP contribution in [0.5, 0.6) is 0 Å². The van der Waals surface area contributed by atoms with Gasteiger partial charge in [-0.25, -0.2) is 0 Å². The standard InChI is InChI=1S/C13H25N3O/c1-13(2,14)12(17)16-8-5-11(10-16)9-15-6-3-4-7-15/h11H,3-10,14H2,1-2H3. The molecule has 1 amide bonds. The van der Waals surface area contributed by atoms with Gasteiger partial charge in [-0.3, -0.25) is 4.79 Å². The van der Waals surface area contributed by atoms with Crippen molar-refractivity contribution in [2.45, 2.75) is 38.6 Å². The third kappa shape index (κ3) is 3.19. The first-order valence-electron chi connectivity index (χ1n) is 6.77. The van der Waals surface area contributed by atoms with E-state index in [-0.39, 0.29) is 5.91 Å². The van der Waals surface area contributed by atoms with Crippen LogP contribution in [0.2, 0.25) is 0 Å².